The topological polar surface area (TPSA) is 118 Å². The minimum atomic E-state index is -3.59. The van der Waals surface area contributed by atoms with Crippen molar-refractivity contribution in [2.24, 2.45) is 5.14 Å². The van der Waals surface area contributed by atoms with Crippen molar-refractivity contribution in [2.45, 2.75) is 12.2 Å². The summed E-state index contributed by atoms with van der Waals surface area (Å²) in [6.45, 7) is 0.177. The van der Waals surface area contributed by atoms with Crippen LogP contribution in [0.15, 0.2) is 48.5 Å². The van der Waals surface area contributed by atoms with Crippen LogP contribution in [-0.4, -0.2) is 26.8 Å². The molecule has 0 saturated carbocycles. The van der Waals surface area contributed by atoms with Gasteiger partial charge in [-0.15, -0.1) is 0 Å². The van der Waals surface area contributed by atoms with E-state index in [1.807, 2.05) is 0 Å². The number of rotatable bonds is 7. The first-order chi connectivity index (χ1) is 12.2. The monoisotopic (exact) mass is 395 g/mol. The lowest BCUT2D eigenvalue weighted by atomic mass is 10.2. The third-order valence-electron chi connectivity index (χ3n) is 3.35. The van der Waals surface area contributed by atoms with Gasteiger partial charge in [0.15, 0.2) is 0 Å². The molecular formula is C17H18ClN3O4S. The Hall–Kier alpha value is -2.42. The van der Waals surface area contributed by atoms with Gasteiger partial charge in [0.05, 0.1) is 5.75 Å². The molecule has 4 N–H and O–H groups in total. The SMILES string of the molecule is NS(=O)(=O)Cc1ccc(NC(=O)CCNC(=O)c2ccc(Cl)cc2)cc1. The first-order valence-electron chi connectivity index (χ1n) is 7.66. The van der Waals surface area contributed by atoms with Crippen molar-refractivity contribution in [3.63, 3.8) is 0 Å². The Kier molecular flexibility index (Phi) is 6.73. The number of nitrogens with two attached hydrogens (primary N) is 1. The lowest BCUT2D eigenvalue weighted by Gasteiger charge is -2.08. The van der Waals surface area contributed by atoms with Crippen molar-refractivity contribution < 1.29 is 18.0 Å². The van der Waals surface area contributed by atoms with E-state index in [-0.39, 0.29) is 30.5 Å². The Morgan fingerprint density at radius 1 is 1.00 bits per heavy atom. The average molecular weight is 396 g/mol. The minimum Gasteiger partial charge on any atom is -0.352 e. The number of carbonyl (C=O) groups excluding carboxylic acids is 2. The Labute approximate surface area is 156 Å². The zero-order valence-corrected chi connectivity index (χ0v) is 15.3. The van der Waals surface area contributed by atoms with Crippen LogP contribution in [0.4, 0.5) is 5.69 Å². The molecule has 138 valence electrons. The van der Waals surface area contributed by atoms with E-state index in [2.05, 4.69) is 10.6 Å². The maximum Gasteiger partial charge on any atom is 0.251 e. The highest BCUT2D eigenvalue weighted by atomic mass is 35.5. The number of anilines is 1. The number of halogens is 1. The third kappa shape index (κ3) is 6.83. The zero-order valence-electron chi connectivity index (χ0n) is 13.7. The summed E-state index contributed by atoms with van der Waals surface area (Å²) in [5.41, 5.74) is 1.51. The Bertz CT molecular complexity index is 881. The lowest BCUT2D eigenvalue weighted by Crippen LogP contribution is -2.27. The molecule has 0 unspecified atom stereocenters. The van der Waals surface area contributed by atoms with Gasteiger partial charge in [0.1, 0.15) is 0 Å². The molecule has 0 aliphatic carbocycles. The number of sulfonamides is 1. The highest BCUT2D eigenvalue weighted by Crippen LogP contribution is 2.12. The van der Waals surface area contributed by atoms with Crippen LogP contribution in [-0.2, 0) is 20.6 Å². The van der Waals surface area contributed by atoms with Crippen LogP contribution in [0, 0.1) is 0 Å². The standard InChI is InChI=1S/C17H18ClN3O4S/c18-14-5-3-13(4-6-14)17(23)20-10-9-16(22)21-15-7-1-12(2-8-15)11-26(19,24)25/h1-8H,9-11H2,(H,20,23)(H,21,22)(H2,19,24,25). The maximum absolute atomic E-state index is 11.9. The van der Waals surface area contributed by atoms with E-state index in [4.69, 9.17) is 16.7 Å². The van der Waals surface area contributed by atoms with Crippen molar-refractivity contribution >= 4 is 39.1 Å². The van der Waals surface area contributed by atoms with Crippen molar-refractivity contribution in [3.05, 3.63) is 64.7 Å². The summed E-state index contributed by atoms with van der Waals surface area (Å²) < 4.78 is 22.0. The molecule has 2 rings (SSSR count). The first kappa shape index (κ1) is 19.9. The highest BCUT2D eigenvalue weighted by molar-refractivity contribution is 7.88. The van der Waals surface area contributed by atoms with Crippen molar-refractivity contribution in [2.75, 3.05) is 11.9 Å². The van der Waals surface area contributed by atoms with Crippen LogP contribution in [0.5, 0.6) is 0 Å². The fourth-order valence-corrected chi connectivity index (χ4v) is 2.92. The maximum atomic E-state index is 11.9. The molecular weight excluding hydrogens is 378 g/mol. The molecule has 0 radical (unpaired) electrons. The van der Waals surface area contributed by atoms with Gasteiger partial charge >= 0.3 is 0 Å². The molecule has 0 heterocycles. The van der Waals surface area contributed by atoms with Crippen LogP contribution in [0.2, 0.25) is 5.02 Å². The lowest BCUT2D eigenvalue weighted by molar-refractivity contribution is -0.116. The van der Waals surface area contributed by atoms with Crippen molar-refractivity contribution in [1.82, 2.24) is 5.32 Å². The Balaban J connectivity index is 1.78. The van der Waals surface area contributed by atoms with Crippen LogP contribution in [0.1, 0.15) is 22.3 Å². The van der Waals surface area contributed by atoms with E-state index in [9.17, 15) is 18.0 Å². The largest absolute Gasteiger partial charge is 0.352 e. The van der Waals surface area contributed by atoms with E-state index in [0.717, 1.165) is 0 Å². The molecule has 0 saturated heterocycles. The summed E-state index contributed by atoms with van der Waals surface area (Å²) in [6, 6.07) is 12.7. The van der Waals surface area contributed by atoms with Gasteiger partial charge in [-0.3, -0.25) is 9.59 Å². The van der Waals surface area contributed by atoms with Crippen molar-refractivity contribution in [1.29, 1.82) is 0 Å². The van der Waals surface area contributed by atoms with Crippen LogP contribution in [0.3, 0.4) is 0 Å². The van der Waals surface area contributed by atoms with Gasteiger partial charge < -0.3 is 10.6 Å². The highest BCUT2D eigenvalue weighted by Gasteiger charge is 2.08. The summed E-state index contributed by atoms with van der Waals surface area (Å²) >= 11 is 5.76. The summed E-state index contributed by atoms with van der Waals surface area (Å²) in [5, 5.41) is 10.8. The molecule has 0 aliphatic rings. The van der Waals surface area contributed by atoms with Crippen LogP contribution in [0.25, 0.3) is 0 Å². The number of primary sulfonamides is 1. The fourth-order valence-electron chi connectivity index (χ4n) is 2.13. The van der Waals surface area contributed by atoms with E-state index in [1.54, 1.807) is 48.5 Å². The normalized spacial score (nSPS) is 11.0. The summed E-state index contributed by atoms with van der Waals surface area (Å²) in [7, 11) is -3.59. The minimum absolute atomic E-state index is 0.0955. The molecule has 0 fully saturated rings. The van der Waals surface area contributed by atoms with Crippen LogP contribution >= 0.6 is 11.6 Å². The third-order valence-corrected chi connectivity index (χ3v) is 4.34. The second kappa shape index (κ2) is 8.79. The molecule has 2 aromatic rings. The smallest absolute Gasteiger partial charge is 0.251 e. The zero-order chi connectivity index (χ0) is 19.2. The average Bonchev–Trinajstić information content (AvgIpc) is 2.56. The molecule has 0 spiro atoms. The number of nitrogens with one attached hydrogen (secondary N) is 2. The van der Waals surface area contributed by atoms with Gasteiger partial charge in [-0.1, -0.05) is 23.7 Å². The van der Waals surface area contributed by atoms with Gasteiger partial charge in [0.25, 0.3) is 5.91 Å². The molecule has 7 nitrogen and oxygen atoms in total. The fraction of sp³-hybridized carbons (Fsp3) is 0.176. The first-order valence-corrected chi connectivity index (χ1v) is 9.75. The van der Waals surface area contributed by atoms with Gasteiger partial charge in [-0.25, -0.2) is 13.6 Å². The van der Waals surface area contributed by atoms with E-state index >= 15 is 0 Å². The summed E-state index contributed by atoms with van der Waals surface area (Å²) in [6.07, 6.45) is 0.0955. The van der Waals surface area contributed by atoms with Gasteiger partial charge in [-0.05, 0) is 42.0 Å². The van der Waals surface area contributed by atoms with E-state index in [1.165, 1.54) is 0 Å². The second-order valence-electron chi connectivity index (χ2n) is 5.57. The molecule has 9 heteroatoms. The summed E-state index contributed by atoms with van der Waals surface area (Å²) in [4.78, 5) is 23.8. The van der Waals surface area contributed by atoms with Gasteiger partial charge in [-0.2, -0.15) is 0 Å². The summed E-state index contributed by atoms with van der Waals surface area (Å²) in [5.74, 6) is -0.833. The Morgan fingerprint density at radius 3 is 2.19 bits per heavy atom. The molecule has 0 bridgehead atoms. The number of hydrogen-bond acceptors (Lipinski definition) is 4. The predicted molar refractivity (Wildman–Crippen MR) is 100 cm³/mol. The van der Waals surface area contributed by atoms with Crippen LogP contribution < -0.4 is 15.8 Å². The number of hydrogen-bond donors (Lipinski definition) is 3. The molecule has 26 heavy (non-hydrogen) atoms. The van der Waals surface area contributed by atoms with Gasteiger partial charge in [0, 0.05) is 29.2 Å². The number of benzene rings is 2. The van der Waals surface area contributed by atoms with Crippen molar-refractivity contribution in [3.8, 4) is 0 Å². The second-order valence-corrected chi connectivity index (χ2v) is 7.62. The molecule has 2 amide bonds. The van der Waals surface area contributed by atoms with E-state index in [0.29, 0.717) is 21.8 Å². The predicted octanol–water partition coefficient (Wildman–Crippen LogP) is 1.89. The number of carbonyl (C=O) groups is 2. The van der Waals surface area contributed by atoms with E-state index < -0.39 is 10.0 Å². The molecule has 0 aliphatic heterocycles. The quantitative estimate of drug-likeness (QED) is 0.663. The Morgan fingerprint density at radius 2 is 1.62 bits per heavy atom. The van der Waals surface area contributed by atoms with Gasteiger partial charge in [0.2, 0.25) is 15.9 Å². The molecule has 0 atom stereocenters. The molecule has 0 aromatic heterocycles. The molecule has 2 aromatic carbocycles. The number of amides is 2.